The van der Waals surface area contributed by atoms with E-state index in [2.05, 4.69) is 32.3 Å². The second kappa shape index (κ2) is 8.68. The zero-order valence-corrected chi connectivity index (χ0v) is 15.1. The van der Waals surface area contributed by atoms with E-state index in [-0.39, 0.29) is 5.56 Å². The van der Waals surface area contributed by atoms with Gasteiger partial charge in [0.05, 0.1) is 5.75 Å². The number of aromatic nitrogens is 4. The van der Waals surface area contributed by atoms with Crippen molar-refractivity contribution in [3.63, 3.8) is 0 Å². The van der Waals surface area contributed by atoms with Gasteiger partial charge in [-0.25, -0.2) is 4.98 Å². The lowest BCUT2D eigenvalue weighted by Gasteiger charge is -1.98. The molecule has 128 valence electrons. The second-order valence-corrected chi connectivity index (χ2v) is 7.00. The first kappa shape index (κ1) is 17.5. The van der Waals surface area contributed by atoms with E-state index in [1.54, 1.807) is 6.92 Å². The van der Waals surface area contributed by atoms with Gasteiger partial charge in [0, 0.05) is 17.5 Å². The Bertz CT molecular complexity index is 906. The summed E-state index contributed by atoms with van der Waals surface area (Å²) in [5, 5.41) is 9.10. The highest BCUT2D eigenvalue weighted by atomic mass is 32.2. The van der Waals surface area contributed by atoms with E-state index in [1.807, 2.05) is 30.3 Å². The van der Waals surface area contributed by atoms with E-state index in [1.165, 1.54) is 29.6 Å². The molecule has 1 N–H and O–H groups in total. The molecule has 0 aliphatic carbocycles. The Balaban J connectivity index is 1.49. The summed E-state index contributed by atoms with van der Waals surface area (Å²) in [6.45, 7) is 1.78. The van der Waals surface area contributed by atoms with Crippen LogP contribution >= 0.6 is 23.5 Å². The molecule has 0 fully saturated rings. The minimum Gasteiger partial charge on any atom is -0.415 e. The Labute approximate surface area is 153 Å². The summed E-state index contributed by atoms with van der Waals surface area (Å²) in [6.07, 6.45) is 4.11. The largest absolute Gasteiger partial charge is 0.415 e. The summed E-state index contributed by atoms with van der Waals surface area (Å²) in [5.41, 5.74) is 1.67. The molecule has 0 saturated carbocycles. The Morgan fingerprint density at radius 3 is 2.84 bits per heavy atom. The first-order valence-electron chi connectivity index (χ1n) is 7.56. The normalized spacial score (nSPS) is 11.2. The van der Waals surface area contributed by atoms with Crippen LogP contribution in [0.3, 0.4) is 0 Å². The highest BCUT2D eigenvalue weighted by Gasteiger charge is 2.08. The van der Waals surface area contributed by atoms with E-state index in [0.29, 0.717) is 27.7 Å². The zero-order valence-electron chi connectivity index (χ0n) is 13.5. The predicted octanol–water partition coefficient (Wildman–Crippen LogP) is 3.56. The van der Waals surface area contributed by atoms with Gasteiger partial charge in [0.2, 0.25) is 5.89 Å². The first-order valence-corrected chi connectivity index (χ1v) is 9.54. The molecular weight excluding hydrogens is 356 g/mol. The molecule has 3 aromatic rings. The lowest BCUT2D eigenvalue weighted by atomic mass is 10.2. The van der Waals surface area contributed by atoms with Crippen molar-refractivity contribution in [1.29, 1.82) is 0 Å². The summed E-state index contributed by atoms with van der Waals surface area (Å²) >= 11 is 2.83. The molecule has 6 nitrogen and oxygen atoms in total. The van der Waals surface area contributed by atoms with Crippen LogP contribution in [0.4, 0.5) is 0 Å². The van der Waals surface area contributed by atoms with Crippen LogP contribution in [0.5, 0.6) is 0 Å². The Kier molecular flexibility index (Phi) is 6.08. The molecule has 0 aliphatic rings. The number of hydrogen-bond acceptors (Lipinski definition) is 7. The van der Waals surface area contributed by atoms with Crippen LogP contribution < -0.4 is 5.56 Å². The Morgan fingerprint density at radius 2 is 2.04 bits per heavy atom. The smallest absolute Gasteiger partial charge is 0.276 e. The molecule has 0 amide bonds. The van der Waals surface area contributed by atoms with E-state index in [4.69, 9.17) is 4.42 Å². The molecule has 0 radical (unpaired) electrons. The molecule has 0 bridgehead atoms. The fourth-order valence-corrected chi connectivity index (χ4v) is 3.32. The lowest BCUT2D eigenvalue weighted by Crippen LogP contribution is -2.08. The van der Waals surface area contributed by atoms with Gasteiger partial charge in [-0.1, -0.05) is 66.0 Å². The second-order valence-electron chi connectivity index (χ2n) is 5.07. The van der Waals surface area contributed by atoms with Gasteiger partial charge < -0.3 is 9.40 Å². The van der Waals surface area contributed by atoms with Crippen molar-refractivity contribution < 1.29 is 4.42 Å². The van der Waals surface area contributed by atoms with Crippen LogP contribution in [-0.4, -0.2) is 25.9 Å². The Hall–Kier alpha value is -2.32. The molecule has 0 atom stereocenters. The van der Waals surface area contributed by atoms with Crippen LogP contribution in [0.1, 0.15) is 17.1 Å². The third-order valence-electron chi connectivity index (χ3n) is 3.04. The number of H-pyrrole nitrogens is 1. The maximum absolute atomic E-state index is 11.4. The third kappa shape index (κ3) is 5.61. The predicted molar refractivity (Wildman–Crippen MR) is 99.7 cm³/mol. The van der Waals surface area contributed by atoms with Crippen molar-refractivity contribution in [3.8, 4) is 0 Å². The summed E-state index contributed by atoms with van der Waals surface area (Å²) < 4.78 is 5.58. The van der Waals surface area contributed by atoms with Crippen molar-refractivity contribution in [2.75, 3.05) is 5.75 Å². The summed E-state index contributed by atoms with van der Waals surface area (Å²) in [7, 11) is 0. The van der Waals surface area contributed by atoms with Crippen LogP contribution in [0.2, 0.25) is 0 Å². The van der Waals surface area contributed by atoms with Gasteiger partial charge in [0.25, 0.3) is 10.8 Å². The van der Waals surface area contributed by atoms with Crippen molar-refractivity contribution in [2.24, 2.45) is 0 Å². The quantitative estimate of drug-likeness (QED) is 0.501. The fraction of sp³-hybridized carbons (Fsp3) is 0.176. The monoisotopic (exact) mass is 372 g/mol. The van der Waals surface area contributed by atoms with E-state index < -0.39 is 0 Å². The lowest BCUT2D eigenvalue weighted by molar-refractivity contribution is 0.427. The number of benzene rings is 1. The van der Waals surface area contributed by atoms with E-state index in [9.17, 15) is 4.79 Å². The maximum atomic E-state index is 11.4. The van der Waals surface area contributed by atoms with Gasteiger partial charge in [-0.3, -0.25) is 4.79 Å². The molecule has 0 saturated heterocycles. The fourth-order valence-electron chi connectivity index (χ4n) is 1.97. The average Bonchev–Trinajstić information content (AvgIpc) is 3.05. The number of thioether (sulfide) groups is 2. The number of nitrogens with zero attached hydrogens (tertiary/aromatic N) is 3. The molecule has 1 aromatic carbocycles. The summed E-state index contributed by atoms with van der Waals surface area (Å²) in [4.78, 5) is 18.3. The Morgan fingerprint density at radius 1 is 1.20 bits per heavy atom. The van der Waals surface area contributed by atoms with Gasteiger partial charge in [-0.2, -0.15) is 0 Å². The van der Waals surface area contributed by atoms with Crippen molar-refractivity contribution in [1.82, 2.24) is 20.2 Å². The van der Waals surface area contributed by atoms with E-state index in [0.717, 1.165) is 11.3 Å². The minimum absolute atomic E-state index is 0.165. The van der Waals surface area contributed by atoms with Gasteiger partial charge in [-0.05, 0) is 12.5 Å². The van der Waals surface area contributed by atoms with Crippen LogP contribution in [0.15, 0.2) is 62.1 Å². The zero-order chi connectivity index (χ0) is 17.5. The average molecular weight is 372 g/mol. The molecule has 3 rings (SSSR count). The molecule has 2 heterocycles. The molecule has 0 aliphatic heterocycles. The van der Waals surface area contributed by atoms with Gasteiger partial charge in [0.1, 0.15) is 0 Å². The summed E-state index contributed by atoms with van der Waals surface area (Å²) in [5.74, 6) is 1.71. The maximum Gasteiger partial charge on any atom is 0.276 e. The van der Waals surface area contributed by atoms with Crippen molar-refractivity contribution >= 4 is 29.6 Å². The number of hydrogen-bond donors (Lipinski definition) is 1. The molecule has 2 aromatic heterocycles. The molecule has 0 unspecified atom stereocenters. The topological polar surface area (TPSA) is 84.7 Å². The van der Waals surface area contributed by atoms with Gasteiger partial charge in [-0.15, -0.1) is 10.2 Å². The van der Waals surface area contributed by atoms with Gasteiger partial charge >= 0.3 is 0 Å². The van der Waals surface area contributed by atoms with Crippen molar-refractivity contribution in [3.05, 3.63) is 70.0 Å². The highest BCUT2D eigenvalue weighted by molar-refractivity contribution is 7.99. The summed E-state index contributed by atoms with van der Waals surface area (Å²) in [6, 6.07) is 11.6. The molecule has 0 spiro atoms. The third-order valence-corrected chi connectivity index (χ3v) is 4.67. The van der Waals surface area contributed by atoms with Crippen LogP contribution in [-0.2, 0) is 5.75 Å². The minimum atomic E-state index is -0.165. The first-order chi connectivity index (χ1) is 12.2. The number of aryl methyl sites for hydroxylation is 1. The van der Waals surface area contributed by atoms with Crippen LogP contribution in [0.25, 0.3) is 6.08 Å². The molecule has 8 heteroatoms. The number of nitrogens with one attached hydrogen (secondary N) is 1. The van der Waals surface area contributed by atoms with Gasteiger partial charge in [0.15, 0.2) is 5.16 Å². The molecular formula is C17H16N4O2S2. The number of aromatic amines is 1. The standard InChI is InChI=1S/C17H16N4O2S2/c1-12-10-14(22)19-16(18-12)25-11-15-20-21-17(23-15)24-9-5-8-13-6-3-2-4-7-13/h2-8,10H,9,11H2,1H3,(H,18,19,22)/b8-5+. The number of rotatable bonds is 7. The van der Waals surface area contributed by atoms with Crippen molar-refractivity contribution in [2.45, 2.75) is 23.1 Å². The molecule has 25 heavy (non-hydrogen) atoms. The van der Waals surface area contributed by atoms with E-state index >= 15 is 0 Å². The van der Waals surface area contributed by atoms with Crippen LogP contribution in [0, 0.1) is 6.92 Å². The SMILES string of the molecule is Cc1cc(=O)[nH]c(SCc2nnc(SC/C=C/c3ccccc3)o2)n1. The highest BCUT2D eigenvalue weighted by Crippen LogP contribution is 2.21.